The SMILES string of the molecule is Cl.N#Cc1ccc(Cn2cncc2Cn2ncc3ccccc32)cc1. The Balaban J connectivity index is 0.00000182. The highest BCUT2D eigenvalue weighted by atomic mass is 35.5. The van der Waals surface area contributed by atoms with E-state index in [2.05, 4.69) is 32.9 Å². The summed E-state index contributed by atoms with van der Waals surface area (Å²) in [5.41, 5.74) is 4.02. The zero-order chi connectivity index (χ0) is 16.4. The third-order valence-electron chi connectivity index (χ3n) is 4.10. The Kier molecular flexibility index (Phi) is 4.82. The van der Waals surface area contributed by atoms with Crippen LogP contribution in [0.3, 0.4) is 0 Å². The summed E-state index contributed by atoms with van der Waals surface area (Å²) in [6.45, 7) is 1.39. The quantitative estimate of drug-likeness (QED) is 0.565. The molecule has 4 rings (SSSR count). The van der Waals surface area contributed by atoms with Gasteiger partial charge in [-0.3, -0.25) is 4.68 Å². The molecule has 0 saturated carbocycles. The number of nitriles is 1. The van der Waals surface area contributed by atoms with Crippen molar-refractivity contribution < 1.29 is 0 Å². The summed E-state index contributed by atoms with van der Waals surface area (Å²) in [7, 11) is 0. The monoisotopic (exact) mass is 349 g/mol. The lowest BCUT2D eigenvalue weighted by atomic mass is 10.1. The molecule has 0 bridgehead atoms. The van der Waals surface area contributed by atoms with Crippen molar-refractivity contribution in [3.8, 4) is 6.07 Å². The molecule has 0 spiro atoms. The highest BCUT2D eigenvalue weighted by molar-refractivity contribution is 5.85. The molecule has 124 valence electrons. The van der Waals surface area contributed by atoms with Crippen molar-refractivity contribution >= 4 is 23.3 Å². The predicted molar refractivity (Wildman–Crippen MR) is 98.6 cm³/mol. The van der Waals surface area contributed by atoms with Gasteiger partial charge in [-0.1, -0.05) is 30.3 Å². The van der Waals surface area contributed by atoms with Crippen LogP contribution in [0.25, 0.3) is 10.9 Å². The molecule has 0 aliphatic heterocycles. The van der Waals surface area contributed by atoms with E-state index in [0.29, 0.717) is 12.1 Å². The first-order valence-corrected chi connectivity index (χ1v) is 7.72. The number of halogens is 1. The fourth-order valence-corrected chi connectivity index (χ4v) is 2.81. The highest BCUT2D eigenvalue weighted by Crippen LogP contribution is 2.15. The maximum atomic E-state index is 8.88. The molecular weight excluding hydrogens is 334 g/mol. The van der Waals surface area contributed by atoms with Crippen molar-refractivity contribution in [3.63, 3.8) is 0 Å². The summed E-state index contributed by atoms with van der Waals surface area (Å²) in [5, 5.41) is 14.5. The normalized spacial score (nSPS) is 10.4. The van der Waals surface area contributed by atoms with Crippen molar-refractivity contribution in [2.75, 3.05) is 0 Å². The zero-order valence-electron chi connectivity index (χ0n) is 13.4. The Morgan fingerprint density at radius 1 is 0.960 bits per heavy atom. The summed E-state index contributed by atoms with van der Waals surface area (Å²) in [4.78, 5) is 4.28. The molecule has 0 aliphatic carbocycles. The van der Waals surface area contributed by atoms with Gasteiger partial charge in [0.05, 0.1) is 48.1 Å². The topological polar surface area (TPSA) is 59.4 Å². The standard InChI is InChI=1S/C19H15N5.ClH/c20-9-15-5-7-16(8-6-15)12-23-14-21-11-18(23)13-24-19-4-2-1-3-17(19)10-22-24;/h1-8,10-11,14H,12-13H2;1H. The predicted octanol–water partition coefficient (Wildman–Crippen LogP) is 3.62. The van der Waals surface area contributed by atoms with Crippen molar-refractivity contribution in [1.82, 2.24) is 19.3 Å². The van der Waals surface area contributed by atoms with Crippen LogP contribution in [0.2, 0.25) is 0 Å². The largest absolute Gasteiger partial charge is 0.328 e. The third kappa shape index (κ3) is 3.39. The Morgan fingerprint density at radius 2 is 1.76 bits per heavy atom. The summed E-state index contributed by atoms with van der Waals surface area (Å²) < 4.78 is 4.10. The Hall–Kier alpha value is -3.10. The van der Waals surface area contributed by atoms with E-state index in [0.717, 1.165) is 28.7 Å². The van der Waals surface area contributed by atoms with Crippen LogP contribution in [-0.2, 0) is 13.1 Å². The lowest BCUT2D eigenvalue weighted by molar-refractivity contribution is 0.647. The number of imidazole rings is 1. The van der Waals surface area contributed by atoms with Gasteiger partial charge in [-0.25, -0.2) is 4.98 Å². The van der Waals surface area contributed by atoms with Gasteiger partial charge < -0.3 is 4.57 Å². The summed E-state index contributed by atoms with van der Waals surface area (Å²) >= 11 is 0. The first-order valence-electron chi connectivity index (χ1n) is 7.72. The van der Waals surface area contributed by atoms with Crippen LogP contribution >= 0.6 is 12.4 Å². The van der Waals surface area contributed by atoms with Crippen LogP contribution in [0.1, 0.15) is 16.8 Å². The molecule has 0 N–H and O–H groups in total. The van der Waals surface area contributed by atoms with Gasteiger partial charge in [-0.05, 0) is 23.8 Å². The minimum Gasteiger partial charge on any atom is -0.328 e. The molecule has 25 heavy (non-hydrogen) atoms. The fourth-order valence-electron chi connectivity index (χ4n) is 2.81. The highest BCUT2D eigenvalue weighted by Gasteiger charge is 2.07. The van der Waals surface area contributed by atoms with Gasteiger partial charge in [0, 0.05) is 11.9 Å². The Morgan fingerprint density at radius 3 is 2.56 bits per heavy atom. The number of rotatable bonds is 4. The van der Waals surface area contributed by atoms with E-state index in [1.165, 1.54) is 0 Å². The molecule has 0 unspecified atom stereocenters. The van der Waals surface area contributed by atoms with Crippen molar-refractivity contribution in [3.05, 3.63) is 84.1 Å². The van der Waals surface area contributed by atoms with E-state index in [1.54, 1.807) is 0 Å². The maximum Gasteiger partial charge on any atom is 0.0991 e. The van der Waals surface area contributed by atoms with Crippen LogP contribution in [0.4, 0.5) is 0 Å². The van der Waals surface area contributed by atoms with Gasteiger partial charge in [0.25, 0.3) is 0 Å². The van der Waals surface area contributed by atoms with Crippen molar-refractivity contribution in [2.24, 2.45) is 0 Å². The second-order valence-corrected chi connectivity index (χ2v) is 5.68. The molecule has 5 nitrogen and oxygen atoms in total. The van der Waals surface area contributed by atoms with Gasteiger partial charge in [0.1, 0.15) is 0 Å². The van der Waals surface area contributed by atoms with Gasteiger partial charge in [-0.2, -0.15) is 10.4 Å². The maximum absolute atomic E-state index is 8.88. The summed E-state index contributed by atoms with van der Waals surface area (Å²) in [5.74, 6) is 0. The van der Waals surface area contributed by atoms with Crippen LogP contribution in [-0.4, -0.2) is 19.3 Å². The molecule has 0 radical (unpaired) electrons. The number of benzene rings is 2. The van der Waals surface area contributed by atoms with Crippen LogP contribution < -0.4 is 0 Å². The molecule has 4 aromatic rings. The molecule has 0 saturated heterocycles. The number of aromatic nitrogens is 4. The van der Waals surface area contributed by atoms with E-state index in [4.69, 9.17) is 5.26 Å². The van der Waals surface area contributed by atoms with E-state index >= 15 is 0 Å². The van der Waals surface area contributed by atoms with Gasteiger partial charge >= 0.3 is 0 Å². The van der Waals surface area contributed by atoms with Gasteiger partial charge in [0.2, 0.25) is 0 Å². The zero-order valence-corrected chi connectivity index (χ0v) is 14.2. The minimum atomic E-state index is 0. The molecule has 0 fully saturated rings. The molecule has 6 heteroatoms. The van der Waals surface area contributed by atoms with Gasteiger partial charge in [0.15, 0.2) is 0 Å². The average molecular weight is 350 g/mol. The molecule has 2 aromatic carbocycles. The second-order valence-electron chi connectivity index (χ2n) is 5.68. The number of fused-ring (bicyclic) bond motifs is 1. The van der Waals surface area contributed by atoms with E-state index in [-0.39, 0.29) is 12.4 Å². The Labute approximate surface area is 151 Å². The van der Waals surface area contributed by atoms with Crippen molar-refractivity contribution in [2.45, 2.75) is 13.1 Å². The number of hydrogen-bond donors (Lipinski definition) is 0. The minimum absolute atomic E-state index is 0. The van der Waals surface area contributed by atoms with E-state index < -0.39 is 0 Å². The van der Waals surface area contributed by atoms with Crippen LogP contribution in [0.5, 0.6) is 0 Å². The summed E-state index contributed by atoms with van der Waals surface area (Å²) in [6, 6.07) is 18.0. The lowest BCUT2D eigenvalue weighted by Crippen LogP contribution is -2.09. The first-order chi connectivity index (χ1) is 11.8. The third-order valence-corrected chi connectivity index (χ3v) is 4.10. The first kappa shape index (κ1) is 16.7. The van der Waals surface area contributed by atoms with E-state index in [1.807, 2.05) is 59.8 Å². The number of nitrogens with zero attached hydrogens (tertiary/aromatic N) is 5. The number of para-hydroxylation sites is 1. The van der Waals surface area contributed by atoms with Crippen molar-refractivity contribution in [1.29, 1.82) is 5.26 Å². The van der Waals surface area contributed by atoms with Crippen LogP contribution in [0.15, 0.2) is 67.3 Å². The number of hydrogen-bond acceptors (Lipinski definition) is 3. The van der Waals surface area contributed by atoms with E-state index in [9.17, 15) is 0 Å². The molecule has 0 aliphatic rings. The molecule has 2 aromatic heterocycles. The Bertz CT molecular complexity index is 1020. The average Bonchev–Trinajstić information content (AvgIpc) is 3.24. The van der Waals surface area contributed by atoms with Crippen LogP contribution in [0, 0.1) is 11.3 Å². The second kappa shape index (κ2) is 7.20. The molecular formula is C19H16ClN5. The van der Waals surface area contributed by atoms with Gasteiger partial charge in [-0.15, -0.1) is 12.4 Å². The summed E-state index contributed by atoms with van der Waals surface area (Å²) in [6.07, 6.45) is 5.59. The molecule has 0 amide bonds. The fraction of sp³-hybridized carbons (Fsp3) is 0.105. The molecule has 0 atom stereocenters. The lowest BCUT2D eigenvalue weighted by Gasteiger charge is -2.09. The molecule has 2 heterocycles. The smallest absolute Gasteiger partial charge is 0.0991 e.